The highest BCUT2D eigenvalue weighted by molar-refractivity contribution is 7.80. The summed E-state index contributed by atoms with van der Waals surface area (Å²) < 4.78 is 109. The molecule has 1 aliphatic heterocycles. The van der Waals surface area contributed by atoms with Gasteiger partial charge in [0.25, 0.3) is 6.04 Å². The summed E-state index contributed by atoms with van der Waals surface area (Å²) in [7, 11) is 0. The third-order valence-corrected chi connectivity index (χ3v) is 5.33. The number of alkyl halides is 8. The van der Waals surface area contributed by atoms with Crippen LogP contribution >= 0.6 is 12.2 Å². The van der Waals surface area contributed by atoms with Crippen molar-refractivity contribution in [2.75, 3.05) is 18.1 Å². The summed E-state index contributed by atoms with van der Waals surface area (Å²) in [6.45, 7) is -0.273. The Morgan fingerprint density at radius 2 is 1.65 bits per heavy atom. The van der Waals surface area contributed by atoms with Gasteiger partial charge in [-0.2, -0.15) is 35.1 Å². The normalized spacial score (nSPS) is 22.5. The van der Waals surface area contributed by atoms with Crippen molar-refractivity contribution in [2.45, 2.75) is 37.2 Å². The van der Waals surface area contributed by atoms with Gasteiger partial charge in [-0.15, -0.1) is 0 Å². The molecule has 1 aliphatic carbocycles. The van der Waals surface area contributed by atoms with Crippen molar-refractivity contribution in [1.29, 1.82) is 0 Å². The molecule has 16 heteroatoms. The van der Waals surface area contributed by atoms with Crippen LogP contribution in [0.1, 0.15) is 36.1 Å². The maximum atomic E-state index is 14.3. The highest BCUT2D eigenvalue weighted by Crippen LogP contribution is 2.49. The van der Waals surface area contributed by atoms with Crippen LogP contribution in [0.5, 0.6) is 0 Å². The summed E-state index contributed by atoms with van der Waals surface area (Å²) in [5.41, 5.74) is -3.83. The van der Waals surface area contributed by atoms with Crippen LogP contribution in [0.4, 0.5) is 35.1 Å². The standard InChI is InChI=1S/C15H10F8N4O3S/c16-13(17,15(21,22)23)12-24-8-9(27(29)30)6(5-28)7(14(18,19)20)11(31)10(8)26(12)25-3-1-2-4-25/h7,9H,1-4H2. The van der Waals surface area contributed by atoms with E-state index in [-0.39, 0.29) is 17.8 Å². The minimum atomic E-state index is -6.21. The van der Waals surface area contributed by atoms with Crippen molar-refractivity contribution >= 4 is 23.0 Å². The molecule has 0 N–H and O–H groups in total. The van der Waals surface area contributed by atoms with Crippen molar-refractivity contribution in [3.63, 3.8) is 0 Å². The summed E-state index contributed by atoms with van der Waals surface area (Å²) in [5.74, 6) is -10.0. The molecule has 1 saturated heterocycles. The van der Waals surface area contributed by atoms with Crippen molar-refractivity contribution < 1.29 is 44.8 Å². The van der Waals surface area contributed by atoms with Gasteiger partial charge >= 0.3 is 18.3 Å². The summed E-state index contributed by atoms with van der Waals surface area (Å²) >= 11 is 4.71. The molecule has 2 unspecified atom stereocenters. The van der Waals surface area contributed by atoms with Gasteiger partial charge in [0.05, 0.1) is 4.86 Å². The molecule has 3 rings (SSSR count). The second-order valence-electron chi connectivity index (χ2n) is 6.80. The van der Waals surface area contributed by atoms with Gasteiger partial charge in [-0.05, 0) is 12.8 Å². The van der Waals surface area contributed by atoms with Crippen LogP contribution in [0.3, 0.4) is 0 Å². The molecule has 0 amide bonds. The Kier molecular flexibility index (Phi) is 5.37. The number of hydrogen-bond acceptors (Lipinski definition) is 6. The van der Waals surface area contributed by atoms with Gasteiger partial charge in [0.2, 0.25) is 5.82 Å². The molecule has 2 atom stereocenters. The predicted molar refractivity (Wildman–Crippen MR) is 89.5 cm³/mol. The molecule has 0 spiro atoms. The molecular formula is C15H10F8N4O3S. The maximum absolute atomic E-state index is 14.3. The lowest BCUT2D eigenvalue weighted by Gasteiger charge is -2.31. The summed E-state index contributed by atoms with van der Waals surface area (Å²) in [4.78, 5) is 23.0. The lowest BCUT2D eigenvalue weighted by atomic mass is 9.81. The Balaban J connectivity index is 2.42. The van der Waals surface area contributed by atoms with E-state index in [4.69, 9.17) is 12.2 Å². The first-order chi connectivity index (χ1) is 14.1. The van der Waals surface area contributed by atoms with Crippen LogP contribution in [-0.2, 0) is 10.7 Å². The zero-order valence-corrected chi connectivity index (χ0v) is 15.7. The van der Waals surface area contributed by atoms with E-state index in [1.54, 1.807) is 0 Å². The topological polar surface area (TPSA) is 81.3 Å². The van der Waals surface area contributed by atoms with Crippen LogP contribution < -0.4 is 5.01 Å². The zero-order chi connectivity index (χ0) is 23.5. The third-order valence-electron chi connectivity index (χ3n) is 4.90. The van der Waals surface area contributed by atoms with Gasteiger partial charge in [0.15, 0.2) is 0 Å². The molecule has 0 radical (unpaired) electrons. The molecule has 0 bridgehead atoms. The van der Waals surface area contributed by atoms with E-state index in [1.165, 1.54) is 0 Å². The van der Waals surface area contributed by atoms with E-state index in [1.807, 2.05) is 0 Å². The zero-order valence-electron chi connectivity index (χ0n) is 14.9. The molecule has 170 valence electrons. The van der Waals surface area contributed by atoms with Gasteiger partial charge in [-0.1, -0.05) is 12.2 Å². The number of imidazole rings is 1. The van der Waals surface area contributed by atoms with Crippen LogP contribution in [0, 0.1) is 16.0 Å². The minimum absolute atomic E-state index is 0.0922. The summed E-state index contributed by atoms with van der Waals surface area (Å²) in [6, 6.07) is -2.75. The van der Waals surface area contributed by atoms with Gasteiger partial charge < -0.3 is 5.01 Å². The van der Waals surface area contributed by atoms with Gasteiger partial charge in [-0.3, -0.25) is 10.1 Å². The van der Waals surface area contributed by atoms with Gasteiger partial charge in [0, 0.05) is 18.0 Å². The number of carbonyl (C=O) groups excluding carboxylic acids is 1. The number of nitrogens with zero attached hydrogens (tertiary/aromatic N) is 4. The molecule has 0 aromatic carbocycles. The van der Waals surface area contributed by atoms with E-state index < -0.39 is 62.8 Å². The molecule has 1 aromatic heterocycles. The van der Waals surface area contributed by atoms with Crippen LogP contribution in [0.25, 0.3) is 0 Å². The fourth-order valence-electron chi connectivity index (χ4n) is 3.59. The fourth-order valence-corrected chi connectivity index (χ4v) is 4.04. The van der Waals surface area contributed by atoms with Crippen molar-refractivity contribution in [2.24, 2.45) is 5.92 Å². The van der Waals surface area contributed by atoms with Crippen LogP contribution in [0.2, 0.25) is 0 Å². The largest absolute Gasteiger partial charge is 0.461 e. The monoisotopic (exact) mass is 478 g/mol. The van der Waals surface area contributed by atoms with E-state index in [0.29, 0.717) is 12.8 Å². The summed E-state index contributed by atoms with van der Waals surface area (Å²) in [5, 5.41) is 12.3. The molecule has 1 aromatic rings. The molecule has 31 heavy (non-hydrogen) atoms. The van der Waals surface area contributed by atoms with E-state index in [9.17, 15) is 50.0 Å². The SMILES string of the molecule is O=C=C1C([N+](=O)[O-])c2nc(C(F)(F)C(F)(F)F)n(N3CCCC3)c2C(=S)C1C(F)(F)F. The maximum Gasteiger partial charge on any atom is 0.461 e. The molecule has 1 fully saturated rings. The summed E-state index contributed by atoms with van der Waals surface area (Å²) in [6.07, 6.45) is -11.0. The molecule has 0 saturated carbocycles. The average Bonchev–Trinajstić information content (AvgIpc) is 3.26. The van der Waals surface area contributed by atoms with Gasteiger partial charge in [0.1, 0.15) is 28.8 Å². The highest BCUT2D eigenvalue weighted by Gasteiger charge is 2.65. The Hall–Kier alpha value is -2.61. The van der Waals surface area contributed by atoms with Gasteiger partial charge in [-0.25, -0.2) is 14.5 Å². The first kappa shape index (κ1) is 23.1. The van der Waals surface area contributed by atoms with E-state index >= 15 is 0 Å². The van der Waals surface area contributed by atoms with Crippen LogP contribution in [0.15, 0.2) is 5.57 Å². The van der Waals surface area contributed by atoms with Crippen molar-refractivity contribution in [1.82, 2.24) is 9.66 Å². The van der Waals surface area contributed by atoms with Crippen LogP contribution in [-0.4, -0.2) is 50.8 Å². The quantitative estimate of drug-likeness (QED) is 0.218. The first-order valence-electron chi connectivity index (χ1n) is 8.46. The van der Waals surface area contributed by atoms with E-state index in [0.717, 1.165) is 11.0 Å². The number of hydrogen-bond donors (Lipinski definition) is 0. The number of halogens is 8. The third kappa shape index (κ3) is 3.46. The number of thiocarbonyl (C=S) groups is 1. The Morgan fingerprint density at radius 3 is 2.06 bits per heavy atom. The number of nitro groups is 1. The van der Waals surface area contributed by atoms with E-state index in [2.05, 4.69) is 4.98 Å². The Bertz CT molecular complexity index is 990. The first-order valence-corrected chi connectivity index (χ1v) is 8.87. The average molecular weight is 478 g/mol. The molecule has 7 nitrogen and oxygen atoms in total. The Morgan fingerprint density at radius 1 is 1.10 bits per heavy atom. The number of aromatic nitrogens is 2. The minimum Gasteiger partial charge on any atom is -0.311 e. The number of rotatable bonds is 3. The van der Waals surface area contributed by atoms with Crippen molar-refractivity contribution in [3.05, 3.63) is 32.9 Å². The Labute approximate surface area is 172 Å². The molecular weight excluding hydrogens is 468 g/mol. The van der Waals surface area contributed by atoms with Crippen molar-refractivity contribution in [3.8, 4) is 0 Å². The second-order valence-corrected chi connectivity index (χ2v) is 7.24. The lowest BCUT2D eigenvalue weighted by Crippen LogP contribution is -2.45. The lowest BCUT2D eigenvalue weighted by molar-refractivity contribution is -0.520. The second kappa shape index (κ2) is 7.22. The smallest absolute Gasteiger partial charge is 0.311 e. The predicted octanol–water partition coefficient (Wildman–Crippen LogP) is 3.25. The number of fused-ring (bicyclic) bond motifs is 1. The fraction of sp³-hybridized carbons (Fsp3) is 0.600. The highest BCUT2D eigenvalue weighted by atomic mass is 32.1. The molecule has 2 aliphatic rings. The molecule has 2 heterocycles.